The Bertz CT molecular complexity index is 773. The molecule has 2 aliphatic heterocycles. The summed E-state index contributed by atoms with van der Waals surface area (Å²) < 4.78 is 0. The third-order valence-electron chi connectivity index (χ3n) is 5.78. The summed E-state index contributed by atoms with van der Waals surface area (Å²) in [5, 5.41) is 0. The topological polar surface area (TPSA) is 65.5 Å². The van der Waals surface area contributed by atoms with Gasteiger partial charge in [-0.15, -0.1) is 0 Å². The molecule has 4 rings (SSSR count). The molecular weight excluding hydrogens is 352 g/mol. The fraction of sp³-hybridized carbons (Fsp3) is 0.524. The molecular formula is C21H28N6O. The van der Waals surface area contributed by atoms with Crippen molar-refractivity contribution in [1.29, 1.82) is 0 Å². The molecule has 0 N–H and O–H groups in total. The summed E-state index contributed by atoms with van der Waals surface area (Å²) in [6.45, 7) is 6.44. The monoisotopic (exact) mass is 380 g/mol. The van der Waals surface area contributed by atoms with Crippen LogP contribution >= 0.6 is 0 Å². The van der Waals surface area contributed by atoms with Crippen molar-refractivity contribution < 1.29 is 4.79 Å². The van der Waals surface area contributed by atoms with Crippen LogP contribution in [-0.4, -0.2) is 64.5 Å². The Morgan fingerprint density at radius 3 is 2.43 bits per heavy atom. The summed E-state index contributed by atoms with van der Waals surface area (Å²) in [6.07, 6.45) is 9.61. The first-order valence-electron chi connectivity index (χ1n) is 10.3. The quantitative estimate of drug-likeness (QED) is 0.812. The first kappa shape index (κ1) is 18.7. The van der Waals surface area contributed by atoms with E-state index in [1.54, 1.807) is 12.4 Å². The van der Waals surface area contributed by atoms with E-state index in [9.17, 15) is 4.79 Å². The average Bonchev–Trinajstić information content (AvgIpc) is 2.79. The van der Waals surface area contributed by atoms with Crippen LogP contribution in [0, 0.1) is 0 Å². The lowest BCUT2D eigenvalue weighted by molar-refractivity contribution is 0.0607. The highest BCUT2D eigenvalue weighted by molar-refractivity contribution is 5.94. The molecule has 148 valence electrons. The van der Waals surface area contributed by atoms with Gasteiger partial charge in [-0.3, -0.25) is 4.79 Å². The van der Waals surface area contributed by atoms with Crippen LogP contribution in [0.1, 0.15) is 43.0 Å². The molecule has 4 heterocycles. The lowest BCUT2D eigenvalue weighted by atomic mass is 9.99. The van der Waals surface area contributed by atoms with E-state index in [0.717, 1.165) is 57.8 Å². The fourth-order valence-electron chi connectivity index (χ4n) is 4.13. The van der Waals surface area contributed by atoms with Crippen LogP contribution in [0.4, 0.5) is 11.8 Å². The van der Waals surface area contributed by atoms with E-state index in [1.165, 1.54) is 6.42 Å². The van der Waals surface area contributed by atoms with Crippen molar-refractivity contribution in [2.45, 2.75) is 38.6 Å². The second kappa shape index (κ2) is 8.54. The number of amides is 1. The molecule has 0 radical (unpaired) electrons. The molecule has 0 spiro atoms. The third kappa shape index (κ3) is 3.93. The molecule has 1 atom stereocenters. The van der Waals surface area contributed by atoms with E-state index in [-0.39, 0.29) is 5.91 Å². The molecule has 2 aromatic heterocycles. The van der Waals surface area contributed by atoms with Crippen LogP contribution in [0.2, 0.25) is 0 Å². The van der Waals surface area contributed by atoms with E-state index >= 15 is 0 Å². The number of hydrogen-bond acceptors (Lipinski definition) is 6. The van der Waals surface area contributed by atoms with Crippen LogP contribution in [-0.2, 0) is 0 Å². The molecule has 28 heavy (non-hydrogen) atoms. The van der Waals surface area contributed by atoms with Gasteiger partial charge in [-0.25, -0.2) is 15.0 Å². The first-order valence-corrected chi connectivity index (χ1v) is 10.3. The molecule has 7 nitrogen and oxygen atoms in total. The number of piperidine rings is 1. The molecule has 0 saturated carbocycles. The van der Waals surface area contributed by atoms with E-state index in [0.29, 0.717) is 17.6 Å². The number of likely N-dealkylation sites (tertiary alicyclic amines) is 1. The number of aromatic nitrogens is 3. The minimum absolute atomic E-state index is 0.0677. The average molecular weight is 380 g/mol. The van der Waals surface area contributed by atoms with Crippen molar-refractivity contribution in [3.8, 4) is 0 Å². The third-order valence-corrected chi connectivity index (χ3v) is 5.78. The predicted octanol–water partition coefficient (Wildman–Crippen LogP) is 2.60. The molecule has 1 amide bonds. The van der Waals surface area contributed by atoms with E-state index in [4.69, 9.17) is 0 Å². The Balaban J connectivity index is 1.38. The van der Waals surface area contributed by atoms with Gasteiger partial charge in [0.05, 0.1) is 5.56 Å². The van der Waals surface area contributed by atoms with Crippen molar-refractivity contribution in [3.05, 3.63) is 42.4 Å². The largest absolute Gasteiger partial charge is 0.353 e. The number of piperazine rings is 1. The molecule has 7 heteroatoms. The van der Waals surface area contributed by atoms with Gasteiger partial charge in [-0.2, -0.15) is 0 Å². The van der Waals surface area contributed by atoms with Gasteiger partial charge in [-0.1, -0.05) is 13.0 Å². The Morgan fingerprint density at radius 1 is 1.00 bits per heavy atom. The molecule has 0 aliphatic carbocycles. The van der Waals surface area contributed by atoms with Crippen LogP contribution in [0.15, 0.2) is 36.8 Å². The highest BCUT2D eigenvalue weighted by Crippen LogP contribution is 2.22. The Hall–Kier alpha value is -2.70. The molecule has 2 aliphatic rings. The summed E-state index contributed by atoms with van der Waals surface area (Å²) in [5.41, 5.74) is 0.594. The maximum absolute atomic E-state index is 12.9. The van der Waals surface area contributed by atoms with Gasteiger partial charge in [0, 0.05) is 57.4 Å². The van der Waals surface area contributed by atoms with Crippen molar-refractivity contribution in [2.24, 2.45) is 0 Å². The second-order valence-electron chi connectivity index (χ2n) is 7.49. The zero-order valence-electron chi connectivity index (χ0n) is 16.5. The van der Waals surface area contributed by atoms with Crippen molar-refractivity contribution in [3.63, 3.8) is 0 Å². The molecule has 2 aromatic rings. The van der Waals surface area contributed by atoms with Gasteiger partial charge in [0.25, 0.3) is 5.91 Å². The lowest BCUT2D eigenvalue weighted by Crippen LogP contribution is -2.47. The summed E-state index contributed by atoms with van der Waals surface area (Å²) in [6, 6.07) is 6.33. The van der Waals surface area contributed by atoms with E-state index < -0.39 is 0 Å². The standard InChI is InChI=1S/C21H28N6O/c1-2-18-7-4-6-10-27(18)20(28)17-15-23-21(24-16-17)26-13-11-25(12-14-26)19-8-3-5-9-22-19/h3,5,8-9,15-16,18H,2,4,6-7,10-14H2,1H3. The summed E-state index contributed by atoms with van der Waals surface area (Å²) in [7, 11) is 0. The molecule has 2 fully saturated rings. The van der Waals surface area contributed by atoms with Gasteiger partial charge in [0.2, 0.25) is 5.95 Å². The Kier molecular flexibility index (Phi) is 5.69. The second-order valence-corrected chi connectivity index (χ2v) is 7.49. The number of carbonyl (C=O) groups excluding carboxylic acids is 1. The van der Waals surface area contributed by atoms with Crippen LogP contribution in [0.25, 0.3) is 0 Å². The number of anilines is 2. The highest BCUT2D eigenvalue weighted by Gasteiger charge is 2.27. The Labute approximate surface area is 166 Å². The number of hydrogen-bond donors (Lipinski definition) is 0. The zero-order chi connectivity index (χ0) is 19.3. The highest BCUT2D eigenvalue weighted by atomic mass is 16.2. The number of nitrogens with zero attached hydrogens (tertiary/aromatic N) is 6. The Morgan fingerprint density at radius 2 is 1.75 bits per heavy atom. The smallest absolute Gasteiger partial charge is 0.257 e. The summed E-state index contributed by atoms with van der Waals surface area (Å²) in [4.78, 5) is 32.7. The SMILES string of the molecule is CCC1CCCCN1C(=O)c1cnc(N2CCN(c3ccccn3)CC2)nc1. The fourth-order valence-corrected chi connectivity index (χ4v) is 4.13. The van der Waals surface area contributed by atoms with E-state index in [2.05, 4.69) is 31.7 Å². The van der Waals surface area contributed by atoms with E-state index in [1.807, 2.05) is 29.3 Å². The molecule has 0 aromatic carbocycles. The van der Waals surface area contributed by atoms with Gasteiger partial charge in [0.1, 0.15) is 5.82 Å². The maximum Gasteiger partial charge on any atom is 0.257 e. The normalized spacial score (nSPS) is 20.3. The lowest BCUT2D eigenvalue weighted by Gasteiger charge is -2.36. The van der Waals surface area contributed by atoms with Crippen molar-refractivity contribution in [2.75, 3.05) is 42.5 Å². The van der Waals surface area contributed by atoms with Crippen LogP contribution < -0.4 is 9.80 Å². The zero-order valence-corrected chi connectivity index (χ0v) is 16.5. The number of pyridine rings is 1. The molecule has 1 unspecified atom stereocenters. The first-order chi connectivity index (χ1) is 13.8. The number of rotatable bonds is 4. The minimum Gasteiger partial charge on any atom is -0.353 e. The van der Waals surface area contributed by atoms with Gasteiger partial charge >= 0.3 is 0 Å². The van der Waals surface area contributed by atoms with Gasteiger partial charge in [-0.05, 0) is 37.8 Å². The number of carbonyl (C=O) groups is 1. The van der Waals surface area contributed by atoms with Crippen molar-refractivity contribution >= 4 is 17.7 Å². The van der Waals surface area contributed by atoms with Gasteiger partial charge < -0.3 is 14.7 Å². The van der Waals surface area contributed by atoms with Crippen LogP contribution in [0.3, 0.4) is 0 Å². The maximum atomic E-state index is 12.9. The predicted molar refractivity (Wildman–Crippen MR) is 110 cm³/mol. The minimum atomic E-state index is 0.0677. The van der Waals surface area contributed by atoms with Crippen LogP contribution in [0.5, 0.6) is 0 Å². The molecule has 2 saturated heterocycles. The molecule has 0 bridgehead atoms. The summed E-state index contributed by atoms with van der Waals surface area (Å²) in [5.74, 6) is 1.78. The van der Waals surface area contributed by atoms with Crippen molar-refractivity contribution in [1.82, 2.24) is 19.9 Å². The van der Waals surface area contributed by atoms with Gasteiger partial charge in [0.15, 0.2) is 0 Å². The summed E-state index contributed by atoms with van der Waals surface area (Å²) >= 11 is 0.